The Balaban J connectivity index is 2.05. The van der Waals surface area contributed by atoms with Crippen molar-refractivity contribution in [3.05, 3.63) is 29.8 Å². The summed E-state index contributed by atoms with van der Waals surface area (Å²) in [6, 6.07) is 7.77. The highest BCUT2D eigenvalue weighted by Crippen LogP contribution is 2.20. The van der Waals surface area contributed by atoms with Crippen molar-refractivity contribution in [1.29, 1.82) is 0 Å². The summed E-state index contributed by atoms with van der Waals surface area (Å²) in [4.78, 5) is 23.5. The van der Waals surface area contributed by atoms with Gasteiger partial charge in [0, 0.05) is 12.8 Å². The van der Waals surface area contributed by atoms with E-state index in [0.717, 1.165) is 56.9 Å². The van der Waals surface area contributed by atoms with E-state index >= 15 is 0 Å². The first-order chi connectivity index (χ1) is 13.0. The van der Waals surface area contributed by atoms with Crippen molar-refractivity contribution in [3.8, 4) is 5.75 Å². The molecule has 0 aliphatic carbocycles. The summed E-state index contributed by atoms with van der Waals surface area (Å²) >= 11 is 0. The summed E-state index contributed by atoms with van der Waals surface area (Å²) in [7, 11) is 0. The molecule has 0 bridgehead atoms. The number of esters is 2. The molecule has 0 heterocycles. The third kappa shape index (κ3) is 11.5. The van der Waals surface area contributed by atoms with Gasteiger partial charge in [-0.25, -0.2) is 0 Å². The van der Waals surface area contributed by atoms with Crippen LogP contribution in [-0.4, -0.2) is 18.5 Å². The molecule has 1 rings (SSSR count). The van der Waals surface area contributed by atoms with Crippen LogP contribution in [0.1, 0.15) is 84.1 Å². The molecule has 0 aromatic heterocycles. The van der Waals surface area contributed by atoms with E-state index in [4.69, 9.17) is 9.47 Å². The van der Waals surface area contributed by atoms with Crippen LogP contribution in [0.3, 0.4) is 0 Å². The summed E-state index contributed by atoms with van der Waals surface area (Å²) < 4.78 is 10.7. The highest BCUT2D eigenvalue weighted by molar-refractivity contribution is 5.72. The topological polar surface area (TPSA) is 52.6 Å². The number of unbranched alkanes of at least 4 members (excludes halogenated alkanes) is 5. The monoisotopic (exact) mass is 376 g/mol. The molecule has 0 N–H and O–H groups in total. The number of hydrogen-bond donors (Lipinski definition) is 0. The van der Waals surface area contributed by atoms with Crippen LogP contribution in [0.4, 0.5) is 0 Å². The van der Waals surface area contributed by atoms with Gasteiger partial charge in [-0.1, -0.05) is 71.1 Å². The number of rotatable bonds is 14. The molecule has 152 valence electrons. The Bertz CT molecular complexity index is 551. The Morgan fingerprint density at radius 3 is 2.11 bits per heavy atom. The minimum Gasteiger partial charge on any atom is -0.465 e. The van der Waals surface area contributed by atoms with Crippen molar-refractivity contribution in [1.82, 2.24) is 0 Å². The van der Waals surface area contributed by atoms with Gasteiger partial charge in [0.25, 0.3) is 0 Å². The number of aryl methyl sites for hydroxylation is 1. The van der Waals surface area contributed by atoms with E-state index in [1.807, 2.05) is 38.1 Å². The van der Waals surface area contributed by atoms with E-state index in [2.05, 4.69) is 6.92 Å². The molecule has 1 aromatic rings. The summed E-state index contributed by atoms with van der Waals surface area (Å²) in [5, 5.41) is 0. The normalized spacial score (nSPS) is 10.8. The fraction of sp³-hybridized carbons (Fsp3) is 0.652. The van der Waals surface area contributed by atoms with Crippen LogP contribution in [0, 0.1) is 5.92 Å². The smallest absolute Gasteiger partial charge is 0.311 e. The number of benzene rings is 1. The number of para-hydroxylation sites is 1. The first kappa shape index (κ1) is 23.2. The minimum absolute atomic E-state index is 0.0881. The molecule has 0 aliphatic heterocycles. The molecule has 1 aromatic carbocycles. The zero-order chi connectivity index (χ0) is 19.9. The van der Waals surface area contributed by atoms with Crippen molar-refractivity contribution in [2.75, 3.05) is 6.61 Å². The van der Waals surface area contributed by atoms with Gasteiger partial charge in [-0.3, -0.25) is 9.59 Å². The number of ether oxygens (including phenoxy) is 2. The lowest BCUT2D eigenvalue weighted by molar-refractivity contribution is -0.144. The quantitative estimate of drug-likeness (QED) is 0.232. The lowest BCUT2D eigenvalue weighted by atomic mass is 10.1. The van der Waals surface area contributed by atoms with Crippen LogP contribution in [0.15, 0.2) is 24.3 Å². The van der Waals surface area contributed by atoms with Gasteiger partial charge < -0.3 is 9.47 Å². The summed E-state index contributed by atoms with van der Waals surface area (Å²) in [5.74, 6) is 0.857. The maximum atomic E-state index is 12.0. The molecular formula is C23H36O4. The Hall–Kier alpha value is -1.84. The molecule has 0 atom stereocenters. The van der Waals surface area contributed by atoms with Gasteiger partial charge in [0.1, 0.15) is 5.75 Å². The Labute approximate surface area is 164 Å². The lowest BCUT2D eigenvalue weighted by Crippen LogP contribution is -2.09. The van der Waals surface area contributed by atoms with Crippen LogP contribution < -0.4 is 4.74 Å². The second-order valence-electron chi connectivity index (χ2n) is 7.53. The highest BCUT2D eigenvalue weighted by Gasteiger charge is 2.08. The lowest BCUT2D eigenvalue weighted by Gasteiger charge is -2.09. The zero-order valence-corrected chi connectivity index (χ0v) is 17.3. The van der Waals surface area contributed by atoms with E-state index in [1.54, 1.807) is 0 Å². The average Bonchev–Trinajstić information content (AvgIpc) is 2.64. The molecule has 4 nitrogen and oxygen atoms in total. The van der Waals surface area contributed by atoms with Crippen molar-refractivity contribution in [2.45, 2.75) is 85.0 Å². The first-order valence-corrected chi connectivity index (χ1v) is 10.5. The van der Waals surface area contributed by atoms with E-state index < -0.39 is 0 Å². The minimum atomic E-state index is -0.147. The number of carbonyl (C=O) groups is 2. The molecule has 0 fully saturated rings. The summed E-state index contributed by atoms with van der Waals surface area (Å²) in [6.45, 7) is 6.70. The molecule has 0 saturated carbocycles. The van der Waals surface area contributed by atoms with Crippen molar-refractivity contribution >= 4 is 11.9 Å². The average molecular weight is 377 g/mol. The van der Waals surface area contributed by atoms with Gasteiger partial charge in [-0.15, -0.1) is 0 Å². The Morgan fingerprint density at radius 2 is 1.48 bits per heavy atom. The summed E-state index contributed by atoms with van der Waals surface area (Å²) in [6.07, 6.45) is 8.89. The third-order valence-corrected chi connectivity index (χ3v) is 4.31. The third-order valence-electron chi connectivity index (χ3n) is 4.31. The molecule has 0 amide bonds. The van der Waals surface area contributed by atoms with Gasteiger partial charge in [-0.05, 0) is 36.8 Å². The van der Waals surface area contributed by atoms with Crippen LogP contribution in [0.2, 0.25) is 0 Å². The second kappa shape index (κ2) is 14.2. The summed E-state index contributed by atoms with van der Waals surface area (Å²) in [5.41, 5.74) is 1.10. The molecular weight excluding hydrogens is 340 g/mol. The highest BCUT2D eigenvalue weighted by atomic mass is 16.5. The van der Waals surface area contributed by atoms with Gasteiger partial charge in [-0.2, -0.15) is 0 Å². The van der Waals surface area contributed by atoms with Crippen molar-refractivity contribution < 1.29 is 19.1 Å². The zero-order valence-electron chi connectivity index (χ0n) is 17.3. The van der Waals surface area contributed by atoms with Crippen LogP contribution in [0.25, 0.3) is 0 Å². The van der Waals surface area contributed by atoms with Crippen molar-refractivity contribution in [2.24, 2.45) is 5.92 Å². The van der Waals surface area contributed by atoms with E-state index in [-0.39, 0.29) is 11.9 Å². The van der Waals surface area contributed by atoms with E-state index in [9.17, 15) is 9.59 Å². The molecule has 0 unspecified atom stereocenters. The number of carbonyl (C=O) groups excluding carboxylic acids is 2. The van der Waals surface area contributed by atoms with Gasteiger partial charge in [0.2, 0.25) is 0 Å². The first-order valence-electron chi connectivity index (χ1n) is 10.5. The molecule has 0 saturated heterocycles. The van der Waals surface area contributed by atoms with E-state index in [0.29, 0.717) is 31.1 Å². The van der Waals surface area contributed by atoms with Crippen LogP contribution in [-0.2, 0) is 20.7 Å². The fourth-order valence-corrected chi connectivity index (χ4v) is 2.83. The van der Waals surface area contributed by atoms with Gasteiger partial charge >= 0.3 is 11.9 Å². The van der Waals surface area contributed by atoms with Crippen LogP contribution in [0.5, 0.6) is 5.75 Å². The van der Waals surface area contributed by atoms with Gasteiger partial charge in [0.05, 0.1) is 6.61 Å². The Kier molecular flexibility index (Phi) is 12.2. The van der Waals surface area contributed by atoms with E-state index in [1.165, 1.54) is 0 Å². The Morgan fingerprint density at radius 1 is 0.889 bits per heavy atom. The molecule has 0 aliphatic rings. The standard InChI is InChI=1S/C23H36O4/c1-4-13-20-14-11-12-15-21(20)27-23(25)17-10-8-6-5-7-9-16-22(24)26-18-19(2)3/h11-12,14-15,19H,4-10,13,16-18H2,1-3H3. The molecule has 4 heteroatoms. The molecule has 0 spiro atoms. The predicted octanol–water partition coefficient (Wildman–Crippen LogP) is 5.86. The predicted molar refractivity (Wildman–Crippen MR) is 109 cm³/mol. The molecule has 0 radical (unpaired) electrons. The number of hydrogen-bond acceptors (Lipinski definition) is 4. The second-order valence-corrected chi connectivity index (χ2v) is 7.53. The largest absolute Gasteiger partial charge is 0.465 e. The van der Waals surface area contributed by atoms with Gasteiger partial charge in [0.15, 0.2) is 0 Å². The maximum Gasteiger partial charge on any atom is 0.311 e. The van der Waals surface area contributed by atoms with Crippen LogP contribution >= 0.6 is 0 Å². The fourth-order valence-electron chi connectivity index (χ4n) is 2.83. The van der Waals surface area contributed by atoms with Crippen molar-refractivity contribution in [3.63, 3.8) is 0 Å². The molecule has 27 heavy (non-hydrogen) atoms. The SMILES string of the molecule is CCCc1ccccc1OC(=O)CCCCCCCCC(=O)OCC(C)C. The maximum absolute atomic E-state index is 12.0.